The van der Waals surface area contributed by atoms with Crippen LogP contribution in [0.4, 0.5) is 17.6 Å². The molecule has 2 aromatic carbocycles. The number of hydrogen-bond donors (Lipinski definition) is 2. The van der Waals surface area contributed by atoms with Gasteiger partial charge >= 0.3 is 0 Å². The largest absolute Gasteiger partial charge is 0.495 e. The fraction of sp³-hybridized carbons (Fsp3) is 0.360. The SMILES string of the molecule is COc1ccccc1Nc1nc(N)nc(CN2CCC(C(=O)c3ccc4c(c3)OCCO4)CC2)n1. The maximum absolute atomic E-state index is 13.1. The quantitative estimate of drug-likeness (QED) is 0.492. The Hall–Kier alpha value is -3.92. The molecule has 3 aromatic rings. The molecule has 1 saturated heterocycles. The van der Waals surface area contributed by atoms with E-state index < -0.39 is 0 Å². The molecule has 0 amide bonds. The number of aromatic nitrogens is 3. The maximum Gasteiger partial charge on any atom is 0.232 e. The number of para-hydroxylation sites is 2. The Balaban J connectivity index is 1.20. The van der Waals surface area contributed by atoms with Crippen LogP contribution >= 0.6 is 0 Å². The predicted octanol–water partition coefficient (Wildman–Crippen LogP) is 3.07. The summed E-state index contributed by atoms with van der Waals surface area (Å²) in [5, 5.41) is 3.15. The van der Waals surface area contributed by atoms with Gasteiger partial charge in [0.2, 0.25) is 11.9 Å². The van der Waals surface area contributed by atoms with Gasteiger partial charge in [-0.05, 0) is 56.3 Å². The molecule has 3 heterocycles. The fourth-order valence-corrected chi connectivity index (χ4v) is 4.42. The van der Waals surface area contributed by atoms with Gasteiger partial charge in [0, 0.05) is 11.5 Å². The summed E-state index contributed by atoms with van der Waals surface area (Å²) in [4.78, 5) is 28.4. The lowest BCUT2D eigenvalue weighted by molar-refractivity contribution is 0.0832. The number of fused-ring (bicyclic) bond motifs is 1. The van der Waals surface area contributed by atoms with Gasteiger partial charge in [0.25, 0.3) is 0 Å². The zero-order valence-electron chi connectivity index (χ0n) is 19.6. The lowest BCUT2D eigenvalue weighted by atomic mass is 9.88. The minimum atomic E-state index is -0.0278. The molecule has 0 aliphatic carbocycles. The number of rotatable bonds is 7. The van der Waals surface area contributed by atoms with E-state index >= 15 is 0 Å². The molecular formula is C25H28N6O4. The Bertz CT molecular complexity index is 1210. The van der Waals surface area contributed by atoms with Gasteiger partial charge in [-0.2, -0.15) is 15.0 Å². The highest BCUT2D eigenvalue weighted by atomic mass is 16.6. The second kappa shape index (κ2) is 10.1. The molecule has 2 aliphatic rings. The molecule has 0 spiro atoms. The third kappa shape index (κ3) is 5.27. The van der Waals surface area contributed by atoms with Crippen LogP contribution in [0.2, 0.25) is 0 Å². The van der Waals surface area contributed by atoms with Crippen molar-refractivity contribution in [1.82, 2.24) is 19.9 Å². The van der Waals surface area contributed by atoms with Gasteiger partial charge in [-0.3, -0.25) is 9.69 Å². The summed E-state index contributed by atoms with van der Waals surface area (Å²) in [5.41, 5.74) is 7.36. The van der Waals surface area contributed by atoms with E-state index in [1.165, 1.54) is 0 Å². The number of ether oxygens (including phenoxy) is 3. The molecule has 10 heteroatoms. The van der Waals surface area contributed by atoms with Gasteiger partial charge in [0.15, 0.2) is 17.3 Å². The molecule has 10 nitrogen and oxygen atoms in total. The molecule has 1 fully saturated rings. The number of carbonyl (C=O) groups is 1. The van der Waals surface area contributed by atoms with Crippen LogP contribution in [0, 0.1) is 5.92 Å². The van der Waals surface area contributed by atoms with Crippen molar-refractivity contribution >= 4 is 23.4 Å². The molecule has 0 atom stereocenters. The van der Waals surface area contributed by atoms with Crippen LogP contribution in [-0.4, -0.2) is 59.0 Å². The van der Waals surface area contributed by atoms with Gasteiger partial charge in [-0.1, -0.05) is 12.1 Å². The van der Waals surface area contributed by atoms with Gasteiger partial charge in [-0.25, -0.2) is 0 Å². The lowest BCUT2D eigenvalue weighted by Crippen LogP contribution is -2.36. The molecule has 182 valence electrons. The molecule has 3 N–H and O–H groups in total. The molecular weight excluding hydrogens is 448 g/mol. The minimum absolute atomic E-state index is 0.0278. The maximum atomic E-state index is 13.1. The normalized spacial score (nSPS) is 16.0. The van der Waals surface area contributed by atoms with Crippen molar-refractivity contribution in [1.29, 1.82) is 0 Å². The predicted molar refractivity (Wildman–Crippen MR) is 130 cm³/mol. The summed E-state index contributed by atoms with van der Waals surface area (Å²) in [7, 11) is 1.61. The second-order valence-electron chi connectivity index (χ2n) is 8.53. The standard InChI is InChI=1S/C25H28N6O4/c1-33-19-5-3-2-4-18(19)27-25-29-22(28-24(26)30-25)15-31-10-8-16(9-11-31)23(32)17-6-7-20-21(14-17)35-13-12-34-20/h2-7,14,16H,8-13,15H2,1H3,(H3,26,27,28,29,30). The molecule has 0 unspecified atom stereocenters. The molecule has 0 saturated carbocycles. The van der Waals surface area contributed by atoms with Crippen LogP contribution in [0.15, 0.2) is 42.5 Å². The van der Waals surface area contributed by atoms with Crippen LogP contribution < -0.4 is 25.3 Å². The number of methoxy groups -OCH3 is 1. The minimum Gasteiger partial charge on any atom is -0.495 e. The van der Waals surface area contributed by atoms with Gasteiger partial charge in [0.1, 0.15) is 24.8 Å². The number of nitrogens with zero attached hydrogens (tertiary/aromatic N) is 4. The number of ketones is 1. The van der Waals surface area contributed by atoms with Gasteiger partial charge in [-0.15, -0.1) is 0 Å². The Morgan fingerprint density at radius 1 is 1.09 bits per heavy atom. The average molecular weight is 477 g/mol. The van der Waals surface area contributed by atoms with E-state index in [1.807, 2.05) is 36.4 Å². The Labute approximate surface area is 203 Å². The second-order valence-corrected chi connectivity index (χ2v) is 8.53. The van der Waals surface area contributed by atoms with Crippen molar-refractivity contribution in [3.63, 3.8) is 0 Å². The monoisotopic (exact) mass is 476 g/mol. The summed E-state index contributed by atoms with van der Waals surface area (Å²) in [6, 6.07) is 13.0. The highest BCUT2D eigenvalue weighted by Crippen LogP contribution is 2.33. The van der Waals surface area contributed by atoms with E-state index in [4.69, 9.17) is 19.9 Å². The first-order chi connectivity index (χ1) is 17.1. The summed E-state index contributed by atoms with van der Waals surface area (Å²) < 4.78 is 16.6. The zero-order chi connectivity index (χ0) is 24.2. The summed E-state index contributed by atoms with van der Waals surface area (Å²) in [5.74, 6) is 3.22. The Morgan fingerprint density at radius 3 is 2.66 bits per heavy atom. The van der Waals surface area contributed by atoms with Crippen LogP contribution in [0.3, 0.4) is 0 Å². The third-order valence-corrected chi connectivity index (χ3v) is 6.20. The number of piperidine rings is 1. The summed E-state index contributed by atoms with van der Waals surface area (Å²) in [6.45, 7) is 3.09. The molecule has 1 aromatic heterocycles. The number of anilines is 3. The van der Waals surface area contributed by atoms with E-state index in [2.05, 4.69) is 25.2 Å². The molecule has 35 heavy (non-hydrogen) atoms. The highest BCUT2D eigenvalue weighted by molar-refractivity contribution is 5.98. The van der Waals surface area contributed by atoms with Crippen LogP contribution in [0.25, 0.3) is 0 Å². The number of carbonyl (C=O) groups excluding carboxylic acids is 1. The van der Waals surface area contributed by atoms with Crippen molar-refractivity contribution in [3.8, 4) is 17.2 Å². The van der Waals surface area contributed by atoms with Crippen molar-refractivity contribution in [2.45, 2.75) is 19.4 Å². The Morgan fingerprint density at radius 2 is 1.86 bits per heavy atom. The van der Waals surface area contributed by atoms with Crippen molar-refractivity contribution < 1.29 is 19.0 Å². The first-order valence-corrected chi connectivity index (χ1v) is 11.7. The average Bonchev–Trinajstić information content (AvgIpc) is 2.88. The van der Waals surface area contributed by atoms with Crippen molar-refractivity contribution in [3.05, 3.63) is 53.9 Å². The number of nitrogens with one attached hydrogen (secondary N) is 1. The lowest BCUT2D eigenvalue weighted by Gasteiger charge is -2.31. The summed E-state index contributed by atoms with van der Waals surface area (Å²) in [6.07, 6.45) is 1.53. The molecule has 5 rings (SSSR count). The van der Waals surface area contributed by atoms with Crippen LogP contribution in [-0.2, 0) is 6.54 Å². The molecule has 0 radical (unpaired) electrons. The number of benzene rings is 2. The number of hydrogen-bond acceptors (Lipinski definition) is 10. The fourth-order valence-electron chi connectivity index (χ4n) is 4.42. The topological polar surface area (TPSA) is 125 Å². The van der Waals surface area contributed by atoms with E-state index in [9.17, 15) is 4.79 Å². The van der Waals surface area contributed by atoms with E-state index in [1.54, 1.807) is 13.2 Å². The zero-order valence-corrected chi connectivity index (χ0v) is 19.6. The van der Waals surface area contributed by atoms with E-state index in [0.717, 1.165) is 31.6 Å². The number of nitrogen functional groups attached to an aromatic ring is 1. The highest BCUT2D eigenvalue weighted by Gasteiger charge is 2.27. The molecule has 2 aliphatic heterocycles. The number of likely N-dealkylation sites (tertiary alicyclic amines) is 1. The van der Waals surface area contributed by atoms with Crippen LogP contribution in [0.5, 0.6) is 17.2 Å². The van der Waals surface area contributed by atoms with Gasteiger partial charge in [0.05, 0.1) is 19.3 Å². The Kier molecular flexibility index (Phi) is 6.62. The first kappa shape index (κ1) is 22.9. The van der Waals surface area contributed by atoms with Crippen molar-refractivity contribution in [2.75, 3.05) is 44.5 Å². The van der Waals surface area contributed by atoms with E-state index in [0.29, 0.717) is 54.3 Å². The number of nitrogens with two attached hydrogens (primary N) is 1. The third-order valence-electron chi connectivity index (χ3n) is 6.20. The molecule has 0 bridgehead atoms. The van der Waals surface area contributed by atoms with Crippen molar-refractivity contribution in [2.24, 2.45) is 5.92 Å². The van der Waals surface area contributed by atoms with Gasteiger partial charge < -0.3 is 25.3 Å². The smallest absolute Gasteiger partial charge is 0.232 e. The number of Topliss-reactive ketones (excluding diaryl/α,β-unsaturated/α-hetero) is 1. The van der Waals surface area contributed by atoms with Crippen LogP contribution in [0.1, 0.15) is 29.0 Å². The van der Waals surface area contributed by atoms with E-state index in [-0.39, 0.29) is 17.6 Å². The first-order valence-electron chi connectivity index (χ1n) is 11.7. The summed E-state index contributed by atoms with van der Waals surface area (Å²) >= 11 is 0.